The maximum atomic E-state index is 13.3. The summed E-state index contributed by atoms with van der Waals surface area (Å²) in [6.45, 7) is 7.51. The van der Waals surface area contributed by atoms with Crippen LogP contribution >= 0.6 is 7.60 Å². The highest BCUT2D eigenvalue weighted by Crippen LogP contribution is 2.32. The molecule has 0 aliphatic carbocycles. The number of hydrogen-bond donors (Lipinski definition) is 7. The van der Waals surface area contributed by atoms with Crippen molar-refractivity contribution in [2.75, 3.05) is 6.54 Å². The standard InChI is InChI=1S/C22H39N8O8P/c1-6-12(3)18(23)21(34)28-19(13(4)7-2)22(35)27-15(10-30-17(9-25-29-30)39(36,37)38)20(33)24-8-16(32)26-14(5)11-31/h9,11-15,18-19H,6-8,10,23H2,1-5H3,(H,24,33)(H,26,32)(H,27,35)(H,28,34)(H2,36,37,38)/t12-,13-,14-,15-,18-,19-/m0/s1. The topological polar surface area (TPSA) is 248 Å². The fourth-order valence-electron chi connectivity index (χ4n) is 3.33. The molecule has 1 rings (SSSR count). The largest absolute Gasteiger partial charge is 0.375 e. The maximum Gasteiger partial charge on any atom is 0.375 e. The molecule has 0 spiro atoms. The van der Waals surface area contributed by atoms with Crippen LogP contribution in [0.5, 0.6) is 0 Å². The van der Waals surface area contributed by atoms with Crippen molar-refractivity contribution in [1.82, 2.24) is 36.3 Å². The highest BCUT2D eigenvalue weighted by molar-refractivity contribution is 7.60. The second-order valence-corrected chi connectivity index (χ2v) is 10.9. The average molecular weight is 575 g/mol. The summed E-state index contributed by atoms with van der Waals surface area (Å²) in [4.78, 5) is 80.9. The lowest BCUT2D eigenvalue weighted by molar-refractivity contribution is -0.134. The van der Waals surface area contributed by atoms with Crippen LogP contribution in [0.3, 0.4) is 0 Å². The van der Waals surface area contributed by atoms with Crippen LogP contribution in [0.25, 0.3) is 0 Å². The van der Waals surface area contributed by atoms with E-state index in [4.69, 9.17) is 5.73 Å². The van der Waals surface area contributed by atoms with Gasteiger partial charge in [-0.1, -0.05) is 45.7 Å². The lowest BCUT2D eigenvalue weighted by Crippen LogP contribution is -2.59. The van der Waals surface area contributed by atoms with Crippen molar-refractivity contribution in [3.63, 3.8) is 0 Å². The van der Waals surface area contributed by atoms with Crippen LogP contribution in [0.15, 0.2) is 6.20 Å². The van der Waals surface area contributed by atoms with Gasteiger partial charge in [-0.05, 0) is 18.8 Å². The molecular formula is C22H39N8O8P. The van der Waals surface area contributed by atoms with Crippen LogP contribution in [-0.2, 0) is 35.1 Å². The van der Waals surface area contributed by atoms with E-state index >= 15 is 0 Å². The maximum absolute atomic E-state index is 13.3. The second-order valence-electron chi connectivity index (χ2n) is 9.37. The van der Waals surface area contributed by atoms with Gasteiger partial charge >= 0.3 is 7.60 Å². The predicted molar refractivity (Wildman–Crippen MR) is 139 cm³/mol. The first-order valence-electron chi connectivity index (χ1n) is 12.5. The third-order valence-corrected chi connectivity index (χ3v) is 7.20. The molecule has 4 amide bonds. The average Bonchev–Trinajstić information content (AvgIpc) is 3.37. The van der Waals surface area contributed by atoms with E-state index in [2.05, 4.69) is 31.6 Å². The minimum atomic E-state index is -4.84. The van der Waals surface area contributed by atoms with Crippen LogP contribution in [0.2, 0.25) is 0 Å². The summed E-state index contributed by atoms with van der Waals surface area (Å²) in [6.07, 6.45) is 2.43. The fraction of sp³-hybridized carbons (Fsp3) is 0.682. The number of nitrogens with two attached hydrogens (primary N) is 1. The van der Waals surface area contributed by atoms with E-state index in [9.17, 15) is 38.3 Å². The number of carbonyl (C=O) groups excluding carboxylic acids is 5. The number of nitrogens with zero attached hydrogens (tertiary/aromatic N) is 3. The van der Waals surface area contributed by atoms with E-state index < -0.39 is 73.9 Å². The van der Waals surface area contributed by atoms with Crippen molar-refractivity contribution < 1.29 is 38.3 Å². The number of rotatable bonds is 16. The monoisotopic (exact) mass is 574 g/mol. The first-order chi connectivity index (χ1) is 18.2. The molecule has 39 heavy (non-hydrogen) atoms. The van der Waals surface area contributed by atoms with Crippen molar-refractivity contribution in [2.24, 2.45) is 17.6 Å². The first-order valence-corrected chi connectivity index (χ1v) is 14.1. The lowest BCUT2D eigenvalue weighted by atomic mass is 9.95. The Kier molecular flexibility index (Phi) is 13.4. The van der Waals surface area contributed by atoms with Crippen molar-refractivity contribution >= 4 is 42.9 Å². The Morgan fingerprint density at radius 1 is 1.03 bits per heavy atom. The van der Waals surface area contributed by atoms with Crippen molar-refractivity contribution in [3.8, 4) is 0 Å². The zero-order valence-electron chi connectivity index (χ0n) is 22.7. The lowest BCUT2D eigenvalue weighted by Gasteiger charge is -2.28. The number of aldehydes is 1. The normalized spacial score (nSPS) is 16.1. The summed E-state index contributed by atoms with van der Waals surface area (Å²) in [6, 6.07) is -4.26. The minimum Gasteiger partial charge on any atom is -0.345 e. The SMILES string of the molecule is CC[C@H](C)[C@H](N)C(=O)N[C@H](C(=O)N[C@@H](Cn1nncc1P(=O)(O)O)C(=O)NCC(=O)N[C@@H](C)C=O)[C@@H](C)CC. The molecule has 1 heterocycles. The summed E-state index contributed by atoms with van der Waals surface area (Å²) >= 11 is 0. The van der Waals surface area contributed by atoms with Gasteiger partial charge in [-0.15, -0.1) is 5.10 Å². The van der Waals surface area contributed by atoms with Gasteiger partial charge in [-0.3, -0.25) is 23.7 Å². The molecule has 8 N–H and O–H groups in total. The van der Waals surface area contributed by atoms with E-state index in [-0.39, 0.29) is 11.8 Å². The summed E-state index contributed by atoms with van der Waals surface area (Å²) in [5.41, 5.74) is 5.41. The van der Waals surface area contributed by atoms with Gasteiger partial charge in [0.1, 0.15) is 18.4 Å². The van der Waals surface area contributed by atoms with Crippen LogP contribution in [-0.4, -0.2) is 85.4 Å². The first kappa shape index (κ1) is 33.8. The number of hydrogen-bond acceptors (Lipinski definition) is 9. The summed E-state index contributed by atoms with van der Waals surface area (Å²) < 4.78 is 12.6. The molecule has 0 fully saturated rings. The molecule has 0 aromatic carbocycles. The molecule has 0 aliphatic heterocycles. The highest BCUT2D eigenvalue weighted by atomic mass is 31.2. The van der Waals surface area contributed by atoms with E-state index in [0.29, 0.717) is 19.1 Å². The summed E-state index contributed by atoms with van der Waals surface area (Å²) in [5, 5.41) is 16.8. The summed E-state index contributed by atoms with van der Waals surface area (Å²) in [7, 11) is -4.84. The molecule has 0 radical (unpaired) electrons. The molecule has 1 aromatic heterocycles. The Morgan fingerprint density at radius 2 is 1.64 bits per heavy atom. The van der Waals surface area contributed by atoms with Crippen LogP contribution in [0.4, 0.5) is 0 Å². The zero-order chi connectivity index (χ0) is 29.9. The third-order valence-electron chi connectivity index (χ3n) is 6.25. The quantitative estimate of drug-likeness (QED) is 0.0790. The van der Waals surface area contributed by atoms with E-state index in [0.717, 1.165) is 10.9 Å². The number of aromatic nitrogens is 3. The van der Waals surface area contributed by atoms with Crippen LogP contribution in [0, 0.1) is 11.8 Å². The Bertz CT molecular complexity index is 1060. The Morgan fingerprint density at radius 3 is 2.18 bits per heavy atom. The smallest absolute Gasteiger partial charge is 0.345 e. The van der Waals surface area contributed by atoms with Crippen molar-refractivity contribution in [2.45, 2.75) is 78.2 Å². The molecular weight excluding hydrogens is 535 g/mol. The van der Waals surface area contributed by atoms with Gasteiger partial charge < -0.3 is 41.6 Å². The van der Waals surface area contributed by atoms with Gasteiger partial charge in [0, 0.05) is 0 Å². The van der Waals surface area contributed by atoms with E-state index in [1.165, 1.54) is 6.92 Å². The zero-order valence-corrected chi connectivity index (χ0v) is 23.6. The van der Waals surface area contributed by atoms with Crippen LogP contribution in [0.1, 0.15) is 47.5 Å². The molecule has 17 heteroatoms. The third kappa shape index (κ3) is 10.5. The van der Waals surface area contributed by atoms with Crippen LogP contribution < -0.4 is 32.4 Å². The van der Waals surface area contributed by atoms with Crippen molar-refractivity contribution in [1.29, 1.82) is 0 Å². The summed E-state index contributed by atoms with van der Waals surface area (Å²) in [5.74, 6) is -3.42. The Balaban J connectivity index is 3.21. The van der Waals surface area contributed by atoms with Crippen molar-refractivity contribution in [3.05, 3.63) is 6.20 Å². The minimum absolute atomic E-state index is 0.157. The van der Waals surface area contributed by atoms with E-state index in [1.807, 2.05) is 6.92 Å². The molecule has 0 unspecified atom stereocenters. The molecule has 0 saturated heterocycles. The van der Waals surface area contributed by atoms with Gasteiger partial charge in [0.15, 0.2) is 5.44 Å². The Labute approximate surface area is 226 Å². The molecule has 0 aliphatic rings. The van der Waals surface area contributed by atoms with Gasteiger partial charge in [0.25, 0.3) is 0 Å². The Hall–Kier alpha value is -3.20. The number of carbonyl (C=O) groups is 5. The highest BCUT2D eigenvalue weighted by Gasteiger charge is 2.33. The number of amides is 4. The molecule has 1 aromatic rings. The molecule has 0 bridgehead atoms. The van der Waals surface area contributed by atoms with E-state index in [1.54, 1.807) is 20.8 Å². The second kappa shape index (κ2) is 15.4. The van der Waals surface area contributed by atoms with Gasteiger partial charge in [-0.2, -0.15) is 0 Å². The molecule has 220 valence electrons. The predicted octanol–water partition coefficient (Wildman–Crippen LogP) is -2.71. The van der Waals surface area contributed by atoms with Gasteiger partial charge in [-0.25, -0.2) is 4.68 Å². The van der Waals surface area contributed by atoms with Gasteiger partial charge in [0.2, 0.25) is 23.6 Å². The number of nitrogens with one attached hydrogen (secondary N) is 4. The molecule has 6 atom stereocenters. The molecule has 0 saturated carbocycles. The molecule has 16 nitrogen and oxygen atoms in total. The van der Waals surface area contributed by atoms with Gasteiger partial charge in [0.05, 0.1) is 31.4 Å². The fourth-order valence-corrected chi connectivity index (χ4v) is 3.95.